The Morgan fingerprint density at radius 1 is 1.26 bits per heavy atom. The lowest BCUT2D eigenvalue weighted by atomic mass is 10.3. The Hall–Kier alpha value is -0.950. The number of imide groups is 1. The van der Waals surface area contributed by atoms with E-state index in [0.29, 0.717) is 18.8 Å². The molecule has 2 amide bonds. The van der Waals surface area contributed by atoms with Gasteiger partial charge in [-0.25, -0.2) is 4.79 Å². The molecule has 5 nitrogen and oxygen atoms in total. The Bertz CT molecular complexity index is 594. The molecule has 0 aromatic heterocycles. The van der Waals surface area contributed by atoms with E-state index in [9.17, 15) is 14.7 Å². The summed E-state index contributed by atoms with van der Waals surface area (Å²) in [7, 11) is 1.31. The van der Waals surface area contributed by atoms with Gasteiger partial charge in [-0.05, 0) is 12.1 Å². The molecule has 8 heteroatoms. The second-order valence-electron chi connectivity index (χ2n) is 5.32. The maximum absolute atomic E-state index is 12.5. The predicted molar refractivity (Wildman–Crippen MR) is 90.1 cm³/mol. The highest BCUT2D eigenvalue weighted by Crippen LogP contribution is 2.36. The van der Waals surface area contributed by atoms with Crippen LogP contribution in [0.3, 0.4) is 0 Å². The van der Waals surface area contributed by atoms with Crippen LogP contribution in [0.2, 0.25) is 10.0 Å². The number of amides is 2. The molecule has 0 aliphatic carbocycles. The minimum absolute atomic E-state index is 0.127. The molecular weight excluding hydrogens is 361 g/mol. The average Bonchev–Trinajstić information content (AvgIpc) is 3.02. The number of carbonyl (C=O) groups is 2. The van der Waals surface area contributed by atoms with Gasteiger partial charge in [0.05, 0.1) is 36.7 Å². The SMILES string of the molecule is COC(=O)[N+]1(C(=O)CCSc2cc(Cl)c(O)c(Cl)c2)CCCC1. The minimum Gasteiger partial charge on any atom is -0.505 e. The first-order valence-electron chi connectivity index (χ1n) is 7.20. The molecule has 2 rings (SSSR count). The monoisotopic (exact) mass is 378 g/mol. The summed E-state index contributed by atoms with van der Waals surface area (Å²) >= 11 is 13.1. The van der Waals surface area contributed by atoms with Crippen LogP contribution in [0, 0.1) is 0 Å². The van der Waals surface area contributed by atoms with Gasteiger partial charge in [0.25, 0.3) is 0 Å². The first-order valence-corrected chi connectivity index (χ1v) is 8.94. The van der Waals surface area contributed by atoms with Gasteiger partial charge in [0, 0.05) is 23.5 Å². The second-order valence-corrected chi connectivity index (χ2v) is 7.30. The topological polar surface area (TPSA) is 63.6 Å². The summed E-state index contributed by atoms with van der Waals surface area (Å²) < 4.78 is 4.60. The summed E-state index contributed by atoms with van der Waals surface area (Å²) in [5.41, 5.74) is 0. The predicted octanol–water partition coefficient (Wildman–Crippen LogP) is 4.08. The second kappa shape index (κ2) is 7.75. The number of phenolic OH excluding ortho intramolecular Hbond substituents is 1. The molecule has 1 aromatic carbocycles. The van der Waals surface area contributed by atoms with E-state index in [4.69, 9.17) is 27.9 Å². The van der Waals surface area contributed by atoms with Crippen LogP contribution >= 0.6 is 35.0 Å². The summed E-state index contributed by atoms with van der Waals surface area (Å²) in [5.74, 6) is 0.214. The van der Waals surface area contributed by atoms with E-state index in [1.165, 1.54) is 18.9 Å². The molecule has 0 bridgehead atoms. The highest BCUT2D eigenvalue weighted by Gasteiger charge is 2.47. The number of aromatic hydroxyl groups is 1. The average molecular weight is 379 g/mol. The summed E-state index contributed by atoms with van der Waals surface area (Å²) in [6.07, 6.45) is 1.46. The Morgan fingerprint density at radius 3 is 2.35 bits per heavy atom. The normalized spacial score (nSPS) is 16.3. The zero-order valence-corrected chi connectivity index (χ0v) is 15.0. The molecule has 0 unspecified atom stereocenters. The number of hydrogen-bond donors (Lipinski definition) is 1. The van der Waals surface area contributed by atoms with Crippen LogP contribution in [0.4, 0.5) is 4.79 Å². The highest BCUT2D eigenvalue weighted by molar-refractivity contribution is 7.99. The van der Waals surface area contributed by atoms with Crippen molar-refractivity contribution in [3.05, 3.63) is 22.2 Å². The van der Waals surface area contributed by atoms with Crippen LogP contribution in [0.15, 0.2) is 17.0 Å². The number of hydrogen-bond acceptors (Lipinski definition) is 5. The summed E-state index contributed by atoms with van der Waals surface area (Å²) in [4.78, 5) is 25.3. The maximum Gasteiger partial charge on any atom is 0.523 e. The molecule has 1 heterocycles. The molecule has 1 aliphatic heterocycles. The van der Waals surface area contributed by atoms with E-state index in [-0.39, 0.29) is 32.6 Å². The van der Waals surface area contributed by atoms with E-state index in [1.54, 1.807) is 12.1 Å². The van der Waals surface area contributed by atoms with Gasteiger partial charge in [0.2, 0.25) is 0 Å². The number of methoxy groups -OCH3 is 1. The largest absolute Gasteiger partial charge is 0.523 e. The van der Waals surface area contributed by atoms with Crippen molar-refractivity contribution in [3.8, 4) is 5.75 Å². The van der Waals surface area contributed by atoms with Crippen molar-refractivity contribution in [2.24, 2.45) is 0 Å². The Kier molecular flexibility index (Phi) is 6.19. The molecule has 1 saturated heterocycles. The Morgan fingerprint density at radius 2 is 1.83 bits per heavy atom. The molecular formula is C15H18Cl2NO4S+. The number of benzene rings is 1. The van der Waals surface area contributed by atoms with Crippen molar-refractivity contribution in [1.82, 2.24) is 0 Å². The maximum atomic E-state index is 12.5. The van der Waals surface area contributed by atoms with Crippen molar-refractivity contribution < 1.29 is 23.9 Å². The lowest BCUT2D eigenvalue weighted by Crippen LogP contribution is -2.55. The van der Waals surface area contributed by atoms with E-state index in [2.05, 4.69) is 0 Å². The standard InChI is InChI=1S/C15H17Cl2NO4S/c1-22-15(21)18(5-2-3-6-18)13(19)4-7-23-10-8-11(16)14(20)12(17)9-10/h8-9H,2-7H2,1H3/p+1. The first-order chi connectivity index (χ1) is 10.9. The zero-order valence-electron chi connectivity index (χ0n) is 12.7. The van der Waals surface area contributed by atoms with Gasteiger partial charge >= 0.3 is 12.0 Å². The van der Waals surface area contributed by atoms with Crippen molar-refractivity contribution >= 4 is 47.0 Å². The number of carbonyl (C=O) groups excluding carboxylic acids is 2. The van der Waals surface area contributed by atoms with Crippen LogP contribution in [0.1, 0.15) is 19.3 Å². The first kappa shape index (κ1) is 18.4. The highest BCUT2D eigenvalue weighted by atomic mass is 35.5. The third-order valence-corrected chi connectivity index (χ3v) is 5.46. The molecule has 1 N–H and O–H groups in total. The molecule has 23 heavy (non-hydrogen) atoms. The van der Waals surface area contributed by atoms with E-state index >= 15 is 0 Å². The number of phenols is 1. The number of thioether (sulfide) groups is 1. The van der Waals surface area contributed by atoms with Gasteiger partial charge in [0.15, 0.2) is 5.75 Å². The third kappa shape index (κ3) is 3.94. The smallest absolute Gasteiger partial charge is 0.505 e. The lowest BCUT2D eigenvalue weighted by Gasteiger charge is -2.26. The molecule has 0 atom stereocenters. The van der Waals surface area contributed by atoms with Gasteiger partial charge < -0.3 is 9.84 Å². The lowest BCUT2D eigenvalue weighted by molar-refractivity contribution is -0.768. The summed E-state index contributed by atoms with van der Waals surface area (Å²) in [6, 6.07) is 3.19. The number of halogens is 2. The minimum atomic E-state index is -0.478. The summed E-state index contributed by atoms with van der Waals surface area (Å²) in [6.45, 7) is 1.01. The van der Waals surface area contributed by atoms with Crippen LogP contribution in [-0.4, -0.2) is 47.5 Å². The molecule has 1 aromatic rings. The van der Waals surface area contributed by atoms with Crippen LogP contribution in [0.5, 0.6) is 5.75 Å². The van der Waals surface area contributed by atoms with Crippen molar-refractivity contribution in [2.45, 2.75) is 24.2 Å². The fraction of sp³-hybridized carbons (Fsp3) is 0.467. The molecule has 0 spiro atoms. The third-order valence-electron chi connectivity index (χ3n) is 3.91. The number of ether oxygens (including phenoxy) is 1. The van der Waals surface area contributed by atoms with Gasteiger partial charge in [-0.15, -0.1) is 11.8 Å². The van der Waals surface area contributed by atoms with Crippen molar-refractivity contribution in [3.63, 3.8) is 0 Å². The number of nitrogens with zero attached hydrogens (tertiary/aromatic N) is 1. The van der Waals surface area contributed by atoms with Crippen molar-refractivity contribution in [2.75, 3.05) is 26.0 Å². The van der Waals surface area contributed by atoms with Gasteiger partial charge in [-0.2, -0.15) is 9.28 Å². The van der Waals surface area contributed by atoms with Gasteiger partial charge in [-0.3, -0.25) is 0 Å². The van der Waals surface area contributed by atoms with Crippen LogP contribution < -0.4 is 0 Å². The number of likely N-dealkylation sites (tertiary alicyclic amines) is 1. The van der Waals surface area contributed by atoms with Crippen molar-refractivity contribution in [1.29, 1.82) is 0 Å². The molecule has 0 saturated carbocycles. The molecule has 0 radical (unpaired) electrons. The van der Waals surface area contributed by atoms with Crippen LogP contribution in [0.25, 0.3) is 0 Å². The van der Waals surface area contributed by atoms with E-state index < -0.39 is 6.09 Å². The van der Waals surface area contributed by atoms with Gasteiger partial charge in [-0.1, -0.05) is 23.2 Å². The quantitative estimate of drug-likeness (QED) is 0.631. The van der Waals surface area contributed by atoms with Gasteiger partial charge in [0.1, 0.15) is 0 Å². The zero-order chi connectivity index (χ0) is 17.0. The van der Waals surface area contributed by atoms with E-state index in [0.717, 1.165) is 17.7 Å². The Labute approximate surface area is 149 Å². The van der Waals surface area contributed by atoms with E-state index in [1.807, 2.05) is 0 Å². The van der Waals surface area contributed by atoms with Crippen LogP contribution in [-0.2, 0) is 9.53 Å². The summed E-state index contributed by atoms with van der Waals surface area (Å²) in [5, 5.41) is 9.87. The fourth-order valence-electron chi connectivity index (χ4n) is 2.68. The molecule has 1 fully saturated rings. The number of quaternary nitrogens is 1. The number of rotatable bonds is 4. The molecule has 1 aliphatic rings. The fourth-order valence-corrected chi connectivity index (χ4v) is 4.21. The Balaban J connectivity index is 1.98. The molecule has 126 valence electrons.